The smallest absolute Gasteiger partial charge is 0.261 e. The fourth-order valence-corrected chi connectivity index (χ4v) is 10.5. The molecule has 6 heteroatoms. The Morgan fingerprint density at radius 3 is 2.11 bits per heavy atom. The van der Waals surface area contributed by atoms with E-state index in [1.165, 1.54) is 10.4 Å². The van der Waals surface area contributed by atoms with Crippen molar-refractivity contribution < 1.29 is 19.4 Å². The average Bonchev–Trinajstić information content (AvgIpc) is 3.27. The molecule has 3 N–H and O–H groups in total. The van der Waals surface area contributed by atoms with Gasteiger partial charge < -0.3 is 20.0 Å². The third-order valence-electron chi connectivity index (χ3n) is 7.75. The summed E-state index contributed by atoms with van der Waals surface area (Å²) in [4.78, 5) is 12.1. The van der Waals surface area contributed by atoms with Gasteiger partial charge in [0.15, 0.2) is 0 Å². The number of rotatable bonds is 13. The van der Waals surface area contributed by atoms with Crippen molar-refractivity contribution in [1.29, 1.82) is 0 Å². The van der Waals surface area contributed by atoms with Gasteiger partial charge in [-0.3, -0.25) is 4.79 Å². The molecule has 1 saturated heterocycles. The van der Waals surface area contributed by atoms with E-state index < -0.39 is 20.0 Å². The van der Waals surface area contributed by atoms with Gasteiger partial charge >= 0.3 is 0 Å². The Balaban J connectivity index is 1.74. The van der Waals surface area contributed by atoms with Gasteiger partial charge in [0.05, 0.1) is 11.6 Å². The lowest BCUT2D eigenvalue weighted by Gasteiger charge is -2.43. The van der Waals surface area contributed by atoms with Crippen LogP contribution in [0.4, 0.5) is 0 Å². The molecule has 3 atom stereocenters. The van der Waals surface area contributed by atoms with Gasteiger partial charge in [-0.2, -0.15) is 0 Å². The van der Waals surface area contributed by atoms with Crippen molar-refractivity contribution >= 4 is 24.6 Å². The summed E-state index contributed by atoms with van der Waals surface area (Å²) in [6, 6.07) is 21.2. The minimum absolute atomic E-state index is 0.0634. The molecule has 0 saturated carbocycles. The zero-order valence-electron chi connectivity index (χ0n) is 22.1. The Hall–Kier alpha value is -2.25. The molecule has 1 amide bonds. The lowest BCUT2D eigenvalue weighted by molar-refractivity contribution is -0.121. The molecule has 36 heavy (non-hydrogen) atoms. The highest BCUT2D eigenvalue weighted by Gasteiger charge is 2.50. The Bertz CT molecular complexity index is 936. The van der Waals surface area contributed by atoms with Crippen LogP contribution in [0.3, 0.4) is 0 Å². The number of amides is 1. The maximum atomic E-state index is 12.1. The highest BCUT2D eigenvalue weighted by atomic mass is 28.4. The SMILES string of the molecule is C=CCC(O)[C@@]1([C@H](CO)CCCCO[Si](c2ccccc2)(c2ccccc2)C(C)(C)C)CCC(=O)N1. The van der Waals surface area contributed by atoms with Crippen LogP contribution in [0.2, 0.25) is 5.04 Å². The third kappa shape index (κ3) is 5.83. The van der Waals surface area contributed by atoms with Gasteiger partial charge in [-0.1, -0.05) is 93.9 Å². The molecule has 1 aliphatic heterocycles. The number of benzene rings is 2. The Morgan fingerprint density at radius 2 is 1.67 bits per heavy atom. The molecule has 0 bridgehead atoms. The predicted molar refractivity (Wildman–Crippen MR) is 149 cm³/mol. The summed E-state index contributed by atoms with van der Waals surface area (Å²) in [5, 5.41) is 26.5. The van der Waals surface area contributed by atoms with Gasteiger partial charge in [0, 0.05) is 25.6 Å². The van der Waals surface area contributed by atoms with Crippen LogP contribution in [-0.2, 0) is 9.22 Å². The van der Waals surface area contributed by atoms with Crippen molar-refractivity contribution in [2.75, 3.05) is 13.2 Å². The summed E-state index contributed by atoms with van der Waals surface area (Å²) in [5.41, 5.74) is -0.793. The van der Waals surface area contributed by atoms with E-state index in [2.05, 4.69) is 81.2 Å². The molecule has 0 spiro atoms. The van der Waals surface area contributed by atoms with Crippen LogP contribution in [-0.4, -0.2) is 49.3 Å². The number of hydrogen-bond acceptors (Lipinski definition) is 4. The molecule has 5 nitrogen and oxygen atoms in total. The first-order chi connectivity index (χ1) is 17.2. The van der Waals surface area contributed by atoms with E-state index >= 15 is 0 Å². The molecule has 0 aromatic heterocycles. The van der Waals surface area contributed by atoms with Crippen LogP contribution in [0.25, 0.3) is 0 Å². The van der Waals surface area contributed by atoms with E-state index in [1.54, 1.807) is 6.08 Å². The maximum Gasteiger partial charge on any atom is 0.261 e. The van der Waals surface area contributed by atoms with Gasteiger partial charge in [-0.05, 0) is 41.1 Å². The second kappa shape index (κ2) is 12.3. The molecule has 2 aromatic carbocycles. The number of carbonyl (C=O) groups is 1. The summed E-state index contributed by atoms with van der Waals surface area (Å²) in [6.07, 6.45) is 4.58. The predicted octanol–water partition coefficient (Wildman–Crippen LogP) is 3.93. The minimum atomic E-state index is -2.57. The standard InChI is InChI=1S/C30H43NO4Si/c1-5-14-27(33)30(21-20-28(34)31-30)24(23-32)15-12-13-22-35-36(29(2,3)4,25-16-8-6-9-17-25)26-18-10-7-11-19-26/h5-11,16-19,24,27,32-33H,1,12-15,20-23H2,2-4H3,(H,31,34)/t24-,27?,30-/m0/s1. The summed E-state index contributed by atoms with van der Waals surface area (Å²) in [6.45, 7) is 11.1. The maximum absolute atomic E-state index is 12.1. The van der Waals surface area contributed by atoms with Crippen molar-refractivity contribution in [2.45, 2.75) is 76.0 Å². The van der Waals surface area contributed by atoms with E-state index in [9.17, 15) is 15.0 Å². The van der Waals surface area contributed by atoms with Gasteiger partial charge in [-0.15, -0.1) is 6.58 Å². The molecule has 0 radical (unpaired) electrons. The van der Waals surface area contributed by atoms with Crippen LogP contribution in [0.5, 0.6) is 0 Å². The van der Waals surface area contributed by atoms with Crippen LogP contribution in [0.1, 0.15) is 59.3 Å². The molecule has 0 aliphatic carbocycles. The molecule has 1 unspecified atom stereocenters. The molecular formula is C30H43NO4Si. The second-order valence-corrected chi connectivity index (χ2v) is 15.3. The van der Waals surface area contributed by atoms with Crippen LogP contribution in [0, 0.1) is 5.92 Å². The lowest BCUT2D eigenvalue weighted by Crippen LogP contribution is -2.66. The molecule has 2 aromatic rings. The van der Waals surface area contributed by atoms with Crippen LogP contribution in [0.15, 0.2) is 73.3 Å². The van der Waals surface area contributed by atoms with Crippen molar-refractivity contribution in [3.05, 3.63) is 73.3 Å². The lowest BCUT2D eigenvalue weighted by atomic mass is 9.75. The zero-order chi connectivity index (χ0) is 26.2. The molecule has 196 valence electrons. The fourth-order valence-electron chi connectivity index (χ4n) is 5.89. The van der Waals surface area contributed by atoms with Crippen LogP contribution >= 0.6 is 0 Å². The number of hydrogen-bond donors (Lipinski definition) is 3. The van der Waals surface area contributed by atoms with E-state index in [0.717, 1.165) is 12.8 Å². The first-order valence-electron chi connectivity index (χ1n) is 13.2. The van der Waals surface area contributed by atoms with Crippen molar-refractivity contribution in [3.63, 3.8) is 0 Å². The summed E-state index contributed by atoms with van der Waals surface area (Å²) >= 11 is 0. The molecule has 1 heterocycles. The van der Waals surface area contributed by atoms with Gasteiger partial charge in [0.2, 0.25) is 5.91 Å². The second-order valence-electron chi connectivity index (χ2n) is 11.0. The monoisotopic (exact) mass is 509 g/mol. The van der Waals surface area contributed by atoms with Crippen LogP contribution < -0.4 is 15.7 Å². The summed E-state index contributed by atoms with van der Waals surface area (Å²) in [7, 11) is -2.57. The normalized spacial score (nSPS) is 20.1. The Labute approximate surface area is 217 Å². The van der Waals surface area contributed by atoms with E-state index in [1.807, 2.05) is 12.1 Å². The highest BCUT2D eigenvalue weighted by Crippen LogP contribution is 2.38. The third-order valence-corrected chi connectivity index (χ3v) is 12.8. The number of unbranched alkanes of at least 4 members (excludes halogenated alkanes) is 1. The fraction of sp³-hybridized carbons (Fsp3) is 0.500. The minimum Gasteiger partial charge on any atom is -0.407 e. The first kappa shape index (κ1) is 28.3. The molecule has 3 rings (SSSR count). The topological polar surface area (TPSA) is 78.8 Å². The quantitative estimate of drug-likeness (QED) is 0.217. The molecular weight excluding hydrogens is 466 g/mol. The van der Waals surface area contributed by atoms with Gasteiger partial charge in [0.1, 0.15) is 0 Å². The first-order valence-corrected chi connectivity index (χ1v) is 15.1. The summed E-state index contributed by atoms with van der Waals surface area (Å²) < 4.78 is 6.98. The van der Waals surface area contributed by atoms with E-state index in [-0.39, 0.29) is 23.5 Å². The number of aliphatic hydroxyl groups excluding tert-OH is 2. The number of aliphatic hydroxyl groups is 2. The van der Waals surface area contributed by atoms with Crippen molar-refractivity contribution in [2.24, 2.45) is 5.92 Å². The average molecular weight is 510 g/mol. The highest BCUT2D eigenvalue weighted by molar-refractivity contribution is 6.99. The Morgan fingerprint density at radius 1 is 1.08 bits per heavy atom. The van der Waals surface area contributed by atoms with Crippen molar-refractivity contribution in [3.8, 4) is 0 Å². The number of carbonyl (C=O) groups excluding carboxylic acids is 1. The Kier molecular flexibility index (Phi) is 9.70. The largest absolute Gasteiger partial charge is 0.407 e. The van der Waals surface area contributed by atoms with E-state index in [4.69, 9.17) is 4.43 Å². The number of nitrogens with one attached hydrogen (secondary N) is 1. The van der Waals surface area contributed by atoms with Gasteiger partial charge in [0.25, 0.3) is 8.32 Å². The van der Waals surface area contributed by atoms with E-state index in [0.29, 0.717) is 32.3 Å². The molecule has 1 fully saturated rings. The zero-order valence-corrected chi connectivity index (χ0v) is 23.1. The summed E-state index contributed by atoms with van der Waals surface area (Å²) in [5.74, 6) is -0.279. The molecule has 1 aliphatic rings. The van der Waals surface area contributed by atoms with Crippen molar-refractivity contribution in [1.82, 2.24) is 5.32 Å². The van der Waals surface area contributed by atoms with Gasteiger partial charge in [-0.25, -0.2) is 0 Å².